The van der Waals surface area contributed by atoms with Gasteiger partial charge in [0.25, 0.3) is 0 Å². The first-order chi connectivity index (χ1) is 6.84. The molecule has 0 radical (unpaired) electrons. The number of guanidine groups is 1. The maximum absolute atomic E-state index is 5.54. The molecule has 0 aliphatic carbocycles. The first kappa shape index (κ1) is 9.77. The van der Waals surface area contributed by atoms with Gasteiger partial charge in [0.1, 0.15) is 0 Å². The van der Waals surface area contributed by atoms with Crippen molar-refractivity contribution in [3.63, 3.8) is 0 Å². The fourth-order valence-electron chi connectivity index (χ4n) is 1.88. The van der Waals surface area contributed by atoms with Crippen LogP contribution in [0.4, 0.5) is 0 Å². The van der Waals surface area contributed by atoms with Crippen LogP contribution in [0.15, 0.2) is 4.99 Å². The van der Waals surface area contributed by atoms with Gasteiger partial charge in [0.15, 0.2) is 5.96 Å². The summed E-state index contributed by atoms with van der Waals surface area (Å²) < 4.78 is 5.54. The molecule has 0 bridgehead atoms. The molecule has 2 atom stereocenters. The van der Waals surface area contributed by atoms with Crippen molar-refractivity contribution in [3.05, 3.63) is 0 Å². The van der Waals surface area contributed by atoms with E-state index in [-0.39, 0.29) is 0 Å². The average Bonchev–Trinajstić information content (AvgIpc) is 2.77. The molecule has 2 unspecified atom stereocenters. The van der Waals surface area contributed by atoms with E-state index in [1.165, 1.54) is 12.8 Å². The molecule has 2 rings (SSSR count). The molecular weight excluding hydrogens is 178 g/mol. The van der Waals surface area contributed by atoms with E-state index in [1.54, 1.807) is 0 Å². The minimum atomic E-state index is 0.474. The fourth-order valence-corrected chi connectivity index (χ4v) is 1.88. The van der Waals surface area contributed by atoms with E-state index in [0.29, 0.717) is 12.1 Å². The van der Waals surface area contributed by atoms with Gasteiger partial charge < -0.3 is 15.4 Å². The van der Waals surface area contributed by atoms with Gasteiger partial charge in [-0.1, -0.05) is 0 Å². The molecular formula is C10H19N3O. The van der Waals surface area contributed by atoms with Gasteiger partial charge in [-0.2, -0.15) is 0 Å². The number of ether oxygens (including phenoxy) is 1. The topological polar surface area (TPSA) is 45.7 Å². The van der Waals surface area contributed by atoms with Crippen LogP contribution < -0.4 is 10.6 Å². The third-order valence-electron chi connectivity index (χ3n) is 2.69. The second kappa shape index (κ2) is 4.64. The van der Waals surface area contributed by atoms with Gasteiger partial charge in [-0.05, 0) is 26.2 Å². The van der Waals surface area contributed by atoms with Crippen LogP contribution in [0.3, 0.4) is 0 Å². The summed E-state index contributed by atoms with van der Waals surface area (Å²) in [5.74, 6) is 0.954. The quantitative estimate of drug-likeness (QED) is 0.692. The van der Waals surface area contributed by atoms with Crippen molar-refractivity contribution in [2.45, 2.75) is 38.3 Å². The lowest BCUT2D eigenvalue weighted by atomic mass is 10.2. The van der Waals surface area contributed by atoms with Crippen molar-refractivity contribution in [2.24, 2.45) is 4.99 Å². The standard InChI is InChI=1S/C10H19N3O/c1-8-7-12-10(13-8)11-5-4-9-3-2-6-14-9/h8-9H,2-7H2,1H3,(H2,11,12,13). The molecule has 1 saturated heterocycles. The van der Waals surface area contributed by atoms with Gasteiger partial charge in [-0.25, -0.2) is 0 Å². The Kier molecular flexibility index (Phi) is 3.24. The average molecular weight is 197 g/mol. The van der Waals surface area contributed by atoms with Crippen LogP contribution in [-0.4, -0.2) is 37.8 Å². The lowest BCUT2D eigenvalue weighted by Crippen LogP contribution is -2.38. The van der Waals surface area contributed by atoms with E-state index < -0.39 is 0 Å². The Labute approximate surface area is 85.1 Å². The summed E-state index contributed by atoms with van der Waals surface area (Å²) in [4.78, 5) is 4.33. The highest BCUT2D eigenvalue weighted by molar-refractivity contribution is 5.81. The van der Waals surface area contributed by atoms with Gasteiger partial charge in [-0.15, -0.1) is 0 Å². The lowest BCUT2D eigenvalue weighted by Gasteiger charge is -2.11. The van der Waals surface area contributed by atoms with Crippen LogP contribution >= 0.6 is 0 Å². The molecule has 0 aromatic rings. The van der Waals surface area contributed by atoms with Crippen molar-refractivity contribution in [1.29, 1.82) is 0 Å². The Balaban J connectivity index is 1.58. The maximum atomic E-state index is 5.54. The van der Waals surface area contributed by atoms with Crippen molar-refractivity contribution >= 4 is 5.96 Å². The third kappa shape index (κ3) is 2.61. The Morgan fingerprint density at radius 3 is 3.21 bits per heavy atom. The largest absolute Gasteiger partial charge is 0.378 e. The SMILES string of the molecule is CC1CN=C(NCCC2CCCO2)N1. The molecule has 14 heavy (non-hydrogen) atoms. The molecule has 4 heteroatoms. The third-order valence-corrected chi connectivity index (χ3v) is 2.69. The Morgan fingerprint density at radius 1 is 1.64 bits per heavy atom. The monoisotopic (exact) mass is 197 g/mol. The number of nitrogens with one attached hydrogen (secondary N) is 2. The molecule has 0 spiro atoms. The van der Waals surface area contributed by atoms with Gasteiger partial charge in [-0.3, -0.25) is 4.99 Å². The number of rotatable bonds is 3. The summed E-state index contributed by atoms with van der Waals surface area (Å²) >= 11 is 0. The summed E-state index contributed by atoms with van der Waals surface area (Å²) in [6.45, 7) is 4.94. The summed E-state index contributed by atoms with van der Waals surface area (Å²) in [6, 6.07) is 0.486. The normalized spacial score (nSPS) is 31.4. The van der Waals surface area contributed by atoms with Crippen molar-refractivity contribution in [1.82, 2.24) is 10.6 Å². The molecule has 4 nitrogen and oxygen atoms in total. The minimum absolute atomic E-state index is 0.474. The van der Waals surface area contributed by atoms with Gasteiger partial charge >= 0.3 is 0 Å². The van der Waals surface area contributed by atoms with Crippen LogP contribution in [0.5, 0.6) is 0 Å². The van der Waals surface area contributed by atoms with Crippen LogP contribution in [-0.2, 0) is 4.74 Å². The Hall–Kier alpha value is -0.770. The highest BCUT2D eigenvalue weighted by Crippen LogP contribution is 2.14. The fraction of sp³-hybridized carbons (Fsp3) is 0.900. The molecule has 80 valence electrons. The zero-order valence-electron chi connectivity index (χ0n) is 8.75. The molecule has 0 amide bonds. The van der Waals surface area contributed by atoms with Gasteiger partial charge in [0.2, 0.25) is 0 Å². The zero-order valence-corrected chi connectivity index (χ0v) is 8.75. The molecule has 1 fully saturated rings. The second-order valence-corrected chi connectivity index (χ2v) is 4.09. The highest BCUT2D eigenvalue weighted by atomic mass is 16.5. The first-order valence-corrected chi connectivity index (χ1v) is 5.51. The predicted octanol–water partition coefficient (Wildman–Crippen LogP) is 0.493. The second-order valence-electron chi connectivity index (χ2n) is 4.09. The van der Waals surface area contributed by atoms with E-state index in [1.807, 2.05) is 0 Å². The number of hydrogen-bond acceptors (Lipinski definition) is 4. The van der Waals surface area contributed by atoms with Crippen molar-refractivity contribution in [3.8, 4) is 0 Å². The first-order valence-electron chi connectivity index (χ1n) is 5.51. The van der Waals surface area contributed by atoms with Crippen LogP contribution in [0.2, 0.25) is 0 Å². The van der Waals surface area contributed by atoms with Crippen LogP contribution in [0, 0.1) is 0 Å². The van der Waals surface area contributed by atoms with Gasteiger partial charge in [0, 0.05) is 19.2 Å². The maximum Gasteiger partial charge on any atom is 0.191 e. The molecule has 2 aliphatic heterocycles. The number of hydrogen-bond donors (Lipinski definition) is 2. The Bertz CT molecular complexity index is 211. The summed E-state index contributed by atoms with van der Waals surface area (Å²) in [6.07, 6.45) is 4.01. The van der Waals surface area contributed by atoms with Gasteiger partial charge in [0.05, 0.1) is 12.6 Å². The number of nitrogens with zero attached hydrogens (tertiary/aromatic N) is 1. The summed E-state index contributed by atoms with van der Waals surface area (Å²) in [5.41, 5.74) is 0. The zero-order chi connectivity index (χ0) is 9.80. The summed E-state index contributed by atoms with van der Waals surface area (Å²) in [7, 11) is 0. The minimum Gasteiger partial charge on any atom is -0.378 e. The molecule has 2 aliphatic rings. The molecule has 0 aromatic carbocycles. The summed E-state index contributed by atoms with van der Waals surface area (Å²) in [5, 5.41) is 6.58. The van der Waals surface area contributed by atoms with Crippen molar-refractivity contribution in [2.75, 3.05) is 19.7 Å². The van der Waals surface area contributed by atoms with E-state index >= 15 is 0 Å². The van der Waals surface area contributed by atoms with E-state index in [2.05, 4.69) is 22.5 Å². The van der Waals surface area contributed by atoms with E-state index in [0.717, 1.165) is 32.1 Å². The lowest BCUT2D eigenvalue weighted by molar-refractivity contribution is 0.105. The molecule has 2 N–H and O–H groups in total. The van der Waals surface area contributed by atoms with E-state index in [9.17, 15) is 0 Å². The van der Waals surface area contributed by atoms with Crippen LogP contribution in [0.1, 0.15) is 26.2 Å². The highest BCUT2D eigenvalue weighted by Gasteiger charge is 2.16. The molecule has 2 heterocycles. The molecule has 0 aromatic heterocycles. The predicted molar refractivity (Wildman–Crippen MR) is 56.5 cm³/mol. The Morgan fingerprint density at radius 2 is 2.57 bits per heavy atom. The van der Waals surface area contributed by atoms with Crippen molar-refractivity contribution < 1.29 is 4.74 Å². The van der Waals surface area contributed by atoms with Crippen LogP contribution in [0.25, 0.3) is 0 Å². The number of aliphatic imine (C=N–C) groups is 1. The van der Waals surface area contributed by atoms with E-state index in [4.69, 9.17) is 4.74 Å². The molecule has 0 saturated carbocycles. The smallest absolute Gasteiger partial charge is 0.191 e.